The van der Waals surface area contributed by atoms with Crippen molar-refractivity contribution in [1.82, 2.24) is 9.80 Å². The monoisotopic (exact) mass is 332 g/mol. The predicted octanol–water partition coefficient (Wildman–Crippen LogP) is 2.46. The van der Waals surface area contributed by atoms with Crippen molar-refractivity contribution in [3.63, 3.8) is 0 Å². The fraction of sp³-hybridized carbons (Fsp3) is 0.632. The van der Waals surface area contributed by atoms with Gasteiger partial charge in [0.15, 0.2) is 0 Å². The Morgan fingerprint density at radius 3 is 2.50 bits per heavy atom. The topological polar surface area (TPSA) is 53.0 Å². The molecule has 1 N–H and O–H groups in total. The SMILES string of the molecule is CC1CN(CC2CCCN2Cc2ccc(C(=O)O)cc2)CC(C)O1. The predicted molar refractivity (Wildman–Crippen MR) is 93.3 cm³/mol. The minimum atomic E-state index is -0.865. The first kappa shape index (κ1) is 17.4. The molecule has 2 aliphatic rings. The van der Waals surface area contributed by atoms with Crippen molar-refractivity contribution >= 4 is 5.97 Å². The van der Waals surface area contributed by atoms with Crippen LogP contribution in [0.3, 0.4) is 0 Å². The number of carbonyl (C=O) groups is 1. The molecule has 0 spiro atoms. The molecular weight excluding hydrogens is 304 g/mol. The van der Waals surface area contributed by atoms with Crippen molar-refractivity contribution in [3.05, 3.63) is 35.4 Å². The number of likely N-dealkylation sites (tertiary alicyclic amines) is 1. The molecule has 3 unspecified atom stereocenters. The minimum absolute atomic E-state index is 0.312. The van der Waals surface area contributed by atoms with Crippen LogP contribution in [0.25, 0.3) is 0 Å². The highest BCUT2D eigenvalue weighted by atomic mass is 16.5. The van der Waals surface area contributed by atoms with Crippen LogP contribution in [0.5, 0.6) is 0 Å². The zero-order valence-corrected chi connectivity index (χ0v) is 14.6. The average Bonchev–Trinajstić information content (AvgIpc) is 2.93. The Balaban J connectivity index is 1.58. The highest BCUT2D eigenvalue weighted by Gasteiger charge is 2.29. The largest absolute Gasteiger partial charge is 0.478 e. The molecule has 3 atom stereocenters. The number of ether oxygens (including phenoxy) is 1. The second-order valence-corrected chi connectivity index (χ2v) is 7.24. The summed E-state index contributed by atoms with van der Waals surface area (Å²) in [5.74, 6) is -0.865. The Morgan fingerprint density at radius 1 is 1.21 bits per heavy atom. The Labute approximate surface area is 144 Å². The molecule has 1 aromatic rings. The third kappa shape index (κ3) is 4.35. The van der Waals surface area contributed by atoms with Gasteiger partial charge in [-0.1, -0.05) is 12.1 Å². The van der Waals surface area contributed by atoms with E-state index in [0.717, 1.165) is 32.7 Å². The molecule has 5 nitrogen and oxygen atoms in total. The van der Waals surface area contributed by atoms with Crippen LogP contribution in [0.2, 0.25) is 0 Å². The summed E-state index contributed by atoms with van der Waals surface area (Å²) in [6, 6.07) is 7.87. The van der Waals surface area contributed by atoms with Crippen molar-refractivity contribution < 1.29 is 14.6 Å². The molecule has 24 heavy (non-hydrogen) atoms. The first-order chi connectivity index (χ1) is 11.5. The van der Waals surface area contributed by atoms with Gasteiger partial charge in [-0.2, -0.15) is 0 Å². The van der Waals surface area contributed by atoms with Crippen molar-refractivity contribution in [3.8, 4) is 0 Å². The maximum atomic E-state index is 11.0. The molecular formula is C19H28N2O3. The number of aromatic carboxylic acids is 1. The summed E-state index contributed by atoms with van der Waals surface area (Å²) in [6.45, 7) is 9.47. The molecule has 2 heterocycles. The summed E-state index contributed by atoms with van der Waals surface area (Å²) in [4.78, 5) is 16.0. The normalized spacial score (nSPS) is 29.0. The van der Waals surface area contributed by atoms with Crippen molar-refractivity contribution in [2.24, 2.45) is 0 Å². The van der Waals surface area contributed by atoms with Crippen LogP contribution in [0, 0.1) is 0 Å². The average molecular weight is 332 g/mol. The van der Waals surface area contributed by atoms with Gasteiger partial charge in [0.2, 0.25) is 0 Å². The Bertz CT molecular complexity index is 550. The quantitative estimate of drug-likeness (QED) is 0.898. The third-order valence-corrected chi connectivity index (χ3v) is 5.05. The number of nitrogens with zero attached hydrogens (tertiary/aromatic N) is 2. The molecule has 2 aliphatic heterocycles. The summed E-state index contributed by atoms with van der Waals surface area (Å²) in [5, 5.41) is 9.00. The lowest BCUT2D eigenvalue weighted by molar-refractivity contribution is -0.0724. The van der Waals surface area contributed by atoms with Gasteiger partial charge in [0.25, 0.3) is 0 Å². The van der Waals surface area contributed by atoms with Gasteiger partial charge in [-0.3, -0.25) is 9.80 Å². The number of hydrogen-bond acceptors (Lipinski definition) is 4. The number of morpholine rings is 1. The first-order valence-corrected chi connectivity index (χ1v) is 8.95. The van der Waals surface area contributed by atoms with Crippen LogP contribution in [-0.4, -0.2) is 65.3 Å². The van der Waals surface area contributed by atoms with Gasteiger partial charge in [-0.25, -0.2) is 4.79 Å². The van der Waals surface area contributed by atoms with E-state index >= 15 is 0 Å². The first-order valence-electron chi connectivity index (χ1n) is 8.95. The number of rotatable bonds is 5. The lowest BCUT2D eigenvalue weighted by Gasteiger charge is -2.38. The standard InChI is InChI=1S/C19H28N2O3/c1-14-10-20(11-15(2)24-14)13-18-4-3-9-21(18)12-16-5-7-17(8-6-16)19(22)23/h5-8,14-15,18H,3-4,9-13H2,1-2H3,(H,22,23). The van der Waals surface area contributed by atoms with Gasteiger partial charge < -0.3 is 9.84 Å². The van der Waals surface area contributed by atoms with Gasteiger partial charge >= 0.3 is 5.97 Å². The lowest BCUT2D eigenvalue weighted by Crippen LogP contribution is -2.50. The van der Waals surface area contributed by atoms with E-state index in [-0.39, 0.29) is 0 Å². The molecule has 2 fully saturated rings. The number of hydrogen-bond donors (Lipinski definition) is 1. The molecule has 0 aromatic heterocycles. The summed E-state index contributed by atoms with van der Waals surface area (Å²) < 4.78 is 5.83. The maximum absolute atomic E-state index is 11.0. The molecule has 3 rings (SSSR count). The molecule has 0 saturated carbocycles. The number of carboxylic acids is 1. The molecule has 1 aromatic carbocycles. The third-order valence-electron chi connectivity index (χ3n) is 5.05. The molecule has 0 radical (unpaired) electrons. The fourth-order valence-electron chi connectivity index (χ4n) is 4.03. The fourth-order valence-corrected chi connectivity index (χ4v) is 4.03. The minimum Gasteiger partial charge on any atom is -0.478 e. The lowest BCUT2D eigenvalue weighted by atomic mass is 10.1. The Hall–Kier alpha value is -1.43. The van der Waals surface area contributed by atoms with Crippen LogP contribution < -0.4 is 0 Å². The van der Waals surface area contributed by atoms with E-state index in [0.29, 0.717) is 23.8 Å². The Morgan fingerprint density at radius 2 is 1.88 bits per heavy atom. The van der Waals surface area contributed by atoms with E-state index in [2.05, 4.69) is 23.6 Å². The van der Waals surface area contributed by atoms with Crippen molar-refractivity contribution in [2.75, 3.05) is 26.2 Å². The van der Waals surface area contributed by atoms with E-state index in [1.54, 1.807) is 12.1 Å². The van der Waals surface area contributed by atoms with Gasteiger partial charge in [0, 0.05) is 32.2 Å². The number of benzene rings is 1. The molecule has 0 bridgehead atoms. The van der Waals surface area contributed by atoms with Crippen molar-refractivity contribution in [1.29, 1.82) is 0 Å². The zero-order chi connectivity index (χ0) is 17.1. The summed E-state index contributed by atoms with van der Waals surface area (Å²) in [6.07, 6.45) is 3.11. The van der Waals surface area contributed by atoms with Crippen LogP contribution in [0.4, 0.5) is 0 Å². The number of carboxylic acid groups (broad SMARTS) is 1. The van der Waals surface area contributed by atoms with Gasteiger partial charge in [0.05, 0.1) is 17.8 Å². The Kier molecular flexibility index (Phi) is 5.54. The second kappa shape index (κ2) is 7.64. The van der Waals surface area contributed by atoms with E-state index in [1.165, 1.54) is 18.4 Å². The molecule has 0 amide bonds. The molecule has 132 valence electrons. The molecule has 5 heteroatoms. The van der Waals surface area contributed by atoms with Crippen LogP contribution in [-0.2, 0) is 11.3 Å². The second-order valence-electron chi connectivity index (χ2n) is 7.24. The summed E-state index contributed by atoms with van der Waals surface area (Å²) in [5.41, 5.74) is 1.55. The van der Waals surface area contributed by atoms with Crippen LogP contribution in [0.15, 0.2) is 24.3 Å². The molecule has 2 saturated heterocycles. The van der Waals surface area contributed by atoms with Gasteiger partial charge in [-0.05, 0) is 50.9 Å². The summed E-state index contributed by atoms with van der Waals surface area (Å²) in [7, 11) is 0. The maximum Gasteiger partial charge on any atom is 0.335 e. The van der Waals surface area contributed by atoms with E-state index in [9.17, 15) is 4.79 Å². The van der Waals surface area contributed by atoms with E-state index in [4.69, 9.17) is 9.84 Å². The van der Waals surface area contributed by atoms with Crippen LogP contribution >= 0.6 is 0 Å². The highest BCUT2D eigenvalue weighted by Crippen LogP contribution is 2.22. The highest BCUT2D eigenvalue weighted by molar-refractivity contribution is 5.87. The van der Waals surface area contributed by atoms with Gasteiger partial charge in [-0.15, -0.1) is 0 Å². The van der Waals surface area contributed by atoms with E-state index < -0.39 is 5.97 Å². The van der Waals surface area contributed by atoms with Crippen LogP contribution in [0.1, 0.15) is 42.6 Å². The smallest absolute Gasteiger partial charge is 0.335 e. The summed E-state index contributed by atoms with van der Waals surface area (Å²) >= 11 is 0. The van der Waals surface area contributed by atoms with Crippen molar-refractivity contribution in [2.45, 2.75) is 51.5 Å². The molecule has 0 aliphatic carbocycles. The van der Waals surface area contributed by atoms with E-state index in [1.807, 2.05) is 12.1 Å². The zero-order valence-electron chi connectivity index (χ0n) is 14.6. The van der Waals surface area contributed by atoms with Gasteiger partial charge in [0.1, 0.15) is 0 Å².